The van der Waals surface area contributed by atoms with E-state index in [1.165, 1.54) is 0 Å². The van der Waals surface area contributed by atoms with E-state index in [4.69, 9.17) is 4.74 Å². The van der Waals surface area contributed by atoms with E-state index in [0.717, 1.165) is 42.8 Å². The number of hydrogen-bond acceptors (Lipinski definition) is 2. The molecular weight excluding hydrogens is 217 g/mol. The largest absolute Gasteiger partial charge is 0.497 e. The lowest BCUT2D eigenvalue weighted by atomic mass is 9.87. The first-order chi connectivity index (χ1) is 8.22. The molecule has 1 N–H and O–H groups in total. The molecule has 94 valence electrons. The lowest BCUT2D eigenvalue weighted by molar-refractivity contribution is 0.189. The molecule has 1 heterocycles. The highest BCUT2D eigenvalue weighted by Crippen LogP contribution is 2.34. The number of benzene rings is 1. The lowest BCUT2D eigenvalue weighted by Gasteiger charge is -2.26. The van der Waals surface area contributed by atoms with E-state index in [-0.39, 0.29) is 5.92 Å². The summed E-state index contributed by atoms with van der Waals surface area (Å²) in [5.41, 5.74) is 1.80. The molecule has 0 saturated carbocycles. The minimum Gasteiger partial charge on any atom is -0.497 e. The van der Waals surface area contributed by atoms with Crippen molar-refractivity contribution in [1.29, 1.82) is 0 Å². The summed E-state index contributed by atoms with van der Waals surface area (Å²) in [4.78, 5) is 0. The summed E-state index contributed by atoms with van der Waals surface area (Å²) in [5.74, 6) is 0.951. The SMILES string of the molecule is COc1ccc(C(F)C2CCNCC2)c(C)c1. The van der Waals surface area contributed by atoms with E-state index in [2.05, 4.69) is 5.32 Å². The monoisotopic (exact) mass is 237 g/mol. The third kappa shape index (κ3) is 2.78. The van der Waals surface area contributed by atoms with Crippen molar-refractivity contribution in [2.75, 3.05) is 20.2 Å². The number of halogens is 1. The van der Waals surface area contributed by atoms with Crippen LogP contribution in [0, 0.1) is 12.8 Å². The van der Waals surface area contributed by atoms with Crippen molar-refractivity contribution >= 4 is 0 Å². The summed E-state index contributed by atoms with van der Waals surface area (Å²) in [6.07, 6.45) is 1.00. The number of piperidine rings is 1. The third-order valence-corrected chi connectivity index (χ3v) is 3.57. The van der Waals surface area contributed by atoms with Crippen LogP contribution in [-0.2, 0) is 0 Å². The maximum Gasteiger partial charge on any atom is 0.128 e. The van der Waals surface area contributed by atoms with Crippen molar-refractivity contribution in [3.63, 3.8) is 0 Å². The van der Waals surface area contributed by atoms with Gasteiger partial charge in [-0.3, -0.25) is 0 Å². The quantitative estimate of drug-likeness (QED) is 0.872. The number of nitrogens with one attached hydrogen (secondary N) is 1. The van der Waals surface area contributed by atoms with Crippen molar-refractivity contribution < 1.29 is 9.13 Å². The molecule has 0 bridgehead atoms. The Morgan fingerprint density at radius 3 is 2.65 bits per heavy atom. The van der Waals surface area contributed by atoms with Crippen LogP contribution in [0.15, 0.2) is 18.2 Å². The molecule has 1 aliphatic heterocycles. The zero-order valence-electron chi connectivity index (χ0n) is 10.5. The van der Waals surface area contributed by atoms with Crippen LogP contribution in [0.5, 0.6) is 5.75 Å². The zero-order valence-corrected chi connectivity index (χ0v) is 10.5. The van der Waals surface area contributed by atoms with E-state index in [1.807, 2.05) is 25.1 Å². The third-order valence-electron chi connectivity index (χ3n) is 3.57. The fraction of sp³-hybridized carbons (Fsp3) is 0.571. The molecule has 0 radical (unpaired) electrons. The van der Waals surface area contributed by atoms with E-state index >= 15 is 0 Å². The van der Waals surface area contributed by atoms with Crippen LogP contribution in [-0.4, -0.2) is 20.2 Å². The fourth-order valence-corrected chi connectivity index (χ4v) is 2.48. The Hall–Kier alpha value is -1.09. The van der Waals surface area contributed by atoms with E-state index in [9.17, 15) is 4.39 Å². The molecule has 17 heavy (non-hydrogen) atoms. The van der Waals surface area contributed by atoms with E-state index in [0.29, 0.717) is 0 Å². The highest BCUT2D eigenvalue weighted by Gasteiger charge is 2.25. The predicted octanol–water partition coefficient (Wildman–Crippen LogP) is 3.01. The fourth-order valence-electron chi connectivity index (χ4n) is 2.48. The van der Waals surface area contributed by atoms with E-state index < -0.39 is 6.17 Å². The number of alkyl halides is 1. The molecule has 0 aromatic heterocycles. The van der Waals surface area contributed by atoms with Gasteiger partial charge in [0.1, 0.15) is 11.9 Å². The maximum atomic E-state index is 14.4. The number of aryl methyl sites for hydroxylation is 1. The molecule has 1 aromatic rings. The molecule has 3 heteroatoms. The first-order valence-electron chi connectivity index (χ1n) is 6.21. The molecule has 1 aromatic carbocycles. The molecule has 2 nitrogen and oxygen atoms in total. The Morgan fingerprint density at radius 1 is 1.35 bits per heavy atom. The number of methoxy groups -OCH3 is 1. The van der Waals surface area contributed by atoms with E-state index in [1.54, 1.807) is 7.11 Å². The van der Waals surface area contributed by atoms with Crippen LogP contribution in [0.4, 0.5) is 4.39 Å². The van der Waals surface area contributed by atoms with Gasteiger partial charge >= 0.3 is 0 Å². The van der Waals surface area contributed by atoms with Gasteiger partial charge in [0.05, 0.1) is 7.11 Å². The van der Waals surface area contributed by atoms with Gasteiger partial charge in [-0.15, -0.1) is 0 Å². The van der Waals surface area contributed by atoms with Crippen molar-refractivity contribution in [3.05, 3.63) is 29.3 Å². The molecule has 0 spiro atoms. The average Bonchev–Trinajstić information content (AvgIpc) is 2.39. The van der Waals surface area contributed by atoms with Gasteiger partial charge in [0.25, 0.3) is 0 Å². The standard InChI is InChI=1S/C14H20FNO/c1-10-9-12(17-2)3-4-13(10)14(15)11-5-7-16-8-6-11/h3-4,9,11,14,16H,5-8H2,1-2H3. The summed E-state index contributed by atoms with van der Waals surface area (Å²) in [6, 6.07) is 5.61. The molecule has 0 amide bonds. The summed E-state index contributed by atoms with van der Waals surface area (Å²) < 4.78 is 19.6. The van der Waals surface area contributed by atoms with Crippen molar-refractivity contribution in [3.8, 4) is 5.75 Å². The average molecular weight is 237 g/mol. The normalized spacial score (nSPS) is 19.0. The summed E-state index contributed by atoms with van der Waals surface area (Å²) in [7, 11) is 1.63. The Balaban J connectivity index is 2.15. The Kier molecular flexibility index (Phi) is 4.00. The molecule has 1 fully saturated rings. The minimum absolute atomic E-state index is 0.156. The zero-order chi connectivity index (χ0) is 12.3. The first-order valence-corrected chi connectivity index (χ1v) is 6.21. The second-order valence-corrected chi connectivity index (χ2v) is 4.71. The Bertz CT molecular complexity index is 374. The van der Waals surface area contributed by atoms with Gasteiger partial charge in [-0.05, 0) is 62.0 Å². The minimum atomic E-state index is -0.844. The van der Waals surface area contributed by atoms with Crippen LogP contribution < -0.4 is 10.1 Å². The van der Waals surface area contributed by atoms with Crippen LogP contribution in [0.3, 0.4) is 0 Å². The van der Waals surface area contributed by atoms with Crippen LogP contribution in [0.2, 0.25) is 0 Å². The lowest BCUT2D eigenvalue weighted by Crippen LogP contribution is -2.30. The van der Waals surface area contributed by atoms with Gasteiger partial charge in [-0.25, -0.2) is 4.39 Å². The van der Waals surface area contributed by atoms with Gasteiger partial charge in [-0.1, -0.05) is 6.07 Å². The smallest absolute Gasteiger partial charge is 0.128 e. The van der Waals surface area contributed by atoms with Gasteiger partial charge in [0.2, 0.25) is 0 Å². The molecule has 1 atom stereocenters. The van der Waals surface area contributed by atoms with Crippen LogP contribution in [0.25, 0.3) is 0 Å². The van der Waals surface area contributed by atoms with Gasteiger partial charge in [-0.2, -0.15) is 0 Å². The summed E-state index contributed by atoms with van der Waals surface area (Å²) >= 11 is 0. The summed E-state index contributed by atoms with van der Waals surface area (Å²) in [6.45, 7) is 3.81. The second-order valence-electron chi connectivity index (χ2n) is 4.71. The van der Waals surface area contributed by atoms with Crippen LogP contribution in [0.1, 0.15) is 30.1 Å². The Morgan fingerprint density at radius 2 is 2.06 bits per heavy atom. The van der Waals surface area contributed by atoms with Crippen molar-refractivity contribution in [2.24, 2.45) is 5.92 Å². The molecular formula is C14H20FNO. The van der Waals surface area contributed by atoms with Gasteiger partial charge in [0, 0.05) is 0 Å². The molecule has 1 aliphatic rings. The van der Waals surface area contributed by atoms with Crippen molar-refractivity contribution in [1.82, 2.24) is 5.32 Å². The van der Waals surface area contributed by atoms with Gasteiger partial charge < -0.3 is 10.1 Å². The van der Waals surface area contributed by atoms with Crippen LogP contribution >= 0.6 is 0 Å². The first kappa shape index (κ1) is 12.4. The molecule has 0 aliphatic carbocycles. The second kappa shape index (κ2) is 5.50. The topological polar surface area (TPSA) is 21.3 Å². The van der Waals surface area contributed by atoms with Gasteiger partial charge in [0.15, 0.2) is 0 Å². The number of ether oxygens (including phenoxy) is 1. The molecule has 2 rings (SSSR count). The highest BCUT2D eigenvalue weighted by atomic mass is 19.1. The Labute approximate surface area is 102 Å². The maximum absolute atomic E-state index is 14.4. The summed E-state index contributed by atoms with van der Waals surface area (Å²) in [5, 5.41) is 3.27. The highest BCUT2D eigenvalue weighted by molar-refractivity contribution is 5.36. The van der Waals surface area contributed by atoms with Crippen molar-refractivity contribution in [2.45, 2.75) is 25.9 Å². The molecule has 1 unspecified atom stereocenters. The number of hydrogen-bond donors (Lipinski definition) is 1. The predicted molar refractivity (Wildman–Crippen MR) is 67.2 cm³/mol. The number of rotatable bonds is 3. The molecule has 1 saturated heterocycles.